The van der Waals surface area contributed by atoms with Crippen LogP contribution in [0.3, 0.4) is 0 Å². The van der Waals surface area contributed by atoms with Gasteiger partial charge in [0.1, 0.15) is 33.7 Å². The largest absolute Gasteiger partial charge is 1.00 e. The highest BCUT2D eigenvalue weighted by molar-refractivity contribution is 7.95. The minimum absolute atomic E-state index is 0. The molecule has 0 radical (unpaired) electrons. The first kappa shape index (κ1) is 22.3. The third-order valence-electron chi connectivity index (χ3n) is 5.04. The molecule has 0 unspecified atom stereocenters. The second-order valence-corrected chi connectivity index (χ2v) is 12.4. The fraction of sp³-hybridized carbons (Fsp3) is 0.0833. The van der Waals surface area contributed by atoms with E-state index in [0.717, 1.165) is 26.0 Å². The van der Waals surface area contributed by atoms with Crippen LogP contribution in [0.2, 0.25) is 9.36 Å². The lowest BCUT2D eigenvalue weighted by Gasteiger charge is -2.27. The van der Waals surface area contributed by atoms with Crippen molar-refractivity contribution in [3.05, 3.63) is 111 Å². The fourth-order valence-corrected chi connectivity index (χ4v) is 9.92. The lowest BCUT2D eigenvalue weighted by atomic mass is 10.3. The van der Waals surface area contributed by atoms with Crippen molar-refractivity contribution >= 4 is 57.7 Å². The predicted molar refractivity (Wildman–Crippen MR) is 128 cm³/mol. The summed E-state index contributed by atoms with van der Waals surface area (Å²) in [6.45, 7) is 2.04. The van der Waals surface area contributed by atoms with Crippen LogP contribution in [0.4, 0.5) is 0 Å². The Morgan fingerprint density at radius 2 is 1.07 bits per heavy atom. The van der Waals surface area contributed by atoms with E-state index in [2.05, 4.69) is 91.0 Å². The Labute approximate surface area is 193 Å². The lowest BCUT2D eigenvalue weighted by molar-refractivity contribution is -0.00000523. The molecule has 0 nitrogen and oxygen atoms in total. The zero-order valence-corrected chi connectivity index (χ0v) is 19.8. The summed E-state index contributed by atoms with van der Waals surface area (Å²) >= 11 is 15.0. The summed E-state index contributed by atoms with van der Waals surface area (Å²) in [6, 6.07) is 32.4. The van der Waals surface area contributed by atoms with Crippen molar-refractivity contribution in [1.82, 2.24) is 0 Å². The van der Waals surface area contributed by atoms with Gasteiger partial charge < -0.3 is 12.4 Å². The monoisotopic (exact) mass is 476 g/mol. The summed E-state index contributed by atoms with van der Waals surface area (Å²) in [5.41, 5.74) is 1.07. The van der Waals surface area contributed by atoms with Gasteiger partial charge in [0.2, 0.25) is 0 Å². The molecular formula is C24H20Cl3PS. The van der Waals surface area contributed by atoms with Gasteiger partial charge in [-0.05, 0) is 43.3 Å². The number of thiophene rings is 1. The molecule has 0 saturated carbocycles. The van der Waals surface area contributed by atoms with Crippen molar-refractivity contribution in [1.29, 1.82) is 0 Å². The average Bonchev–Trinajstić information content (AvgIpc) is 2.99. The van der Waals surface area contributed by atoms with E-state index in [1.807, 2.05) is 6.92 Å². The Morgan fingerprint density at radius 3 is 1.38 bits per heavy atom. The van der Waals surface area contributed by atoms with Crippen molar-refractivity contribution in [2.75, 3.05) is 0 Å². The van der Waals surface area contributed by atoms with Gasteiger partial charge in [0.05, 0.1) is 5.02 Å². The normalized spacial score (nSPS) is 11.1. The van der Waals surface area contributed by atoms with Crippen LogP contribution in [0, 0.1) is 6.92 Å². The van der Waals surface area contributed by atoms with Crippen LogP contribution >= 0.6 is 41.8 Å². The molecule has 0 saturated heterocycles. The van der Waals surface area contributed by atoms with Crippen LogP contribution in [0.1, 0.15) is 10.4 Å². The third kappa shape index (κ3) is 4.26. The van der Waals surface area contributed by atoms with Crippen molar-refractivity contribution in [3.63, 3.8) is 0 Å². The first-order chi connectivity index (χ1) is 13.6. The van der Waals surface area contributed by atoms with E-state index in [1.54, 1.807) is 11.3 Å². The molecule has 0 bridgehead atoms. The van der Waals surface area contributed by atoms with Crippen LogP contribution < -0.4 is 28.3 Å². The Hall–Kier alpha value is -1.34. The molecule has 0 aliphatic heterocycles. The van der Waals surface area contributed by atoms with E-state index in [9.17, 15) is 0 Å². The van der Waals surface area contributed by atoms with Gasteiger partial charge in [-0.1, -0.05) is 77.8 Å². The summed E-state index contributed by atoms with van der Waals surface area (Å²) < 4.78 is 0.801. The highest BCUT2D eigenvalue weighted by atomic mass is 35.5. The highest BCUT2D eigenvalue weighted by Crippen LogP contribution is 2.60. The Bertz CT molecular complexity index is 967. The molecule has 29 heavy (non-hydrogen) atoms. The van der Waals surface area contributed by atoms with E-state index >= 15 is 0 Å². The van der Waals surface area contributed by atoms with Gasteiger partial charge in [-0.2, -0.15) is 0 Å². The molecule has 0 N–H and O–H groups in total. The molecule has 4 aromatic rings. The molecule has 0 atom stereocenters. The maximum atomic E-state index is 6.73. The van der Waals surface area contributed by atoms with Crippen LogP contribution in [0.5, 0.6) is 0 Å². The molecule has 1 aromatic heterocycles. The number of rotatable bonds is 5. The average molecular weight is 478 g/mol. The summed E-state index contributed by atoms with van der Waals surface area (Å²) in [7, 11) is -1.98. The first-order valence-electron chi connectivity index (χ1n) is 9.11. The molecule has 0 aliphatic rings. The van der Waals surface area contributed by atoms with Crippen LogP contribution in [-0.4, -0.2) is 0 Å². The van der Waals surface area contributed by atoms with E-state index in [1.165, 1.54) is 15.9 Å². The fourth-order valence-electron chi connectivity index (χ4n) is 3.68. The molecule has 3 aromatic carbocycles. The zero-order chi connectivity index (χ0) is 19.6. The Morgan fingerprint density at radius 1 is 0.690 bits per heavy atom. The molecule has 0 amide bonds. The van der Waals surface area contributed by atoms with Crippen molar-refractivity contribution in [3.8, 4) is 0 Å². The topological polar surface area (TPSA) is 0 Å². The van der Waals surface area contributed by atoms with Crippen LogP contribution in [0.15, 0.2) is 91.0 Å². The smallest absolute Gasteiger partial charge is 0.116 e. The number of halogens is 3. The maximum Gasteiger partial charge on any atom is 0.116 e. The summed E-state index contributed by atoms with van der Waals surface area (Å²) in [5, 5.41) is 4.82. The van der Waals surface area contributed by atoms with Crippen molar-refractivity contribution in [2.45, 2.75) is 13.1 Å². The van der Waals surface area contributed by atoms with E-state index < -0.39 is 7.26 Å². The highest BCUT2D eigenvalue weighted by Gasteiger charge is 2.46. The Kier molecular flexibility index (Phi) is 7.43. The summed E-state index contributed by atoms with van der Waals surface area (Å²) in [6.07, 6.45) is 0.813. The quantitative estimate of drug-likeness (QED) is 0.383. The zero-order valence-electron chi connectivity index (χ0n) is 15.9. The molecule has 1 heterocycles. The van der Waals surface area contributed by atoms with Gasteiger partial charge in [-0.25, -0.2) is 0 Å². The maximum absolute atomic E-state index is 6.73. The molecule has 148 valence electrons. The van der Waals surface area contributed by atoms with Crippen LogP contribution in [0.25, 0.3) is 0 Å². The molecule has 5 heteroatoms. The second-order valence-electron chi connectivity index (χ2n) is 6.70. The van der Waals surface area contributed by atoms with Gasteiger partial charge in [0, 0.05) is 10.4 Å². The summed E-state index contributed by atoms with van der Waals surface area (Å²) in [5.74, 6) is 0. The van der Waals surface area contributed by atoms with E-state index in [4.69, 9.17) is 23.2 Å². The van der Waals surface area contributed by atoms with Gasteiger partial charge >= 0.3 is 0 Å². The Balaban J connectivity index is 0.00000240. The van der Waals surface area contributed by atoms with Gasteiger partial charge in [0.15, 0.2) is 0 Å². The van der Waals surface area contributed by atoms with Crippen molar-refractivity contribution in [2.24, 2.45) is 0 Å². The SMILES string of the molecule is Cc1sc(Cl)c(C[P+](c2ccccc2)(c2ccccc2)c2ccccc2)c1Cl.[Cl-]. The molecular weight excluding hydrogens is 458 g/mol. The van der Waals surface area contributed by atoms with Crippen LogP contribution in [-0.2, 0) is 6.16 Å². The van der Waals surface area contributed by atoms with Crippen molar-refractivity contribution < 1.29 is 12.4 Å². The van der Waals surface area contributed by atoms with E-state index in [-0.39, 0.29) is 12.4 Å². The number of benzene rings is 3. The minimum Gasteiger partial charge on any atom is -1.00 e. The number of aryl methyl sites for hydroxylation is 1. The predicted octanol–water partition coefficient (Wildman–Crippen LogP) is 3.86. The van der Waals surface area contributed by atoms with Gasteiger partial charge in [0.25, 0.3) is 0 Å². The number of hydrogen-bond acceptors (Lipinski definition) is 1. The lowest BCUT2D eigenvalue weighted by Crippen LogP contribution is -3.00. The standard InChI is InChI=1S/C24H20Cl2PS.ClH/c1-18-23(25)22(24(26)28-18)17-27(19-11-5-2-6-12-19,20-13-7-3-8-14-20)21-15-9-4-10-16-21;/h2-16H,17H2,1H3;1H/q+1;/p-1. The second kappa shape index (κ2) is 9.65. The van der Waals surface area contributed by atoms with E-state index in [0.29, 0.717) is 0 Å². The molecule has 0 aliphatic carbocycles. The van der Waals surface area contributed by atoms with Gasteiger partial charge in [-0.3, -0.25) is 0 Å². The molecule has 0 spiro atoms. The third-order valence-corrected chi connectivity index (χ3v) is 11.4. The minimum atomic E-state index is -1.98. The summed E-state index contributed by atoms with van der Waals surface area (Å²) in [4.78, 5) is 1.08. The molecule has 0 fully saturated rings. The first-order valence-corrected chi connectivity index (χ1v) is 12.7. The van der Waals surface area contributed by atoms with Gasteiger partial charge in [-0.15, -0.1) is 11.3 Å². The number of hydrogen-bond donors (Lipinski definition) is 0. The molecule has 4 rings (SSSR count).